The lowest BCUT2D eigenvalue weighted by Crippen LogP contribution is -2.42. The maximum atomic E-state index is 12.2. The molecule has 0 bridgehead atoms. The van der Waals surface area contributed by atoms with Crippen molar-refractivity contribution in [3.8, 4) is 0 Å². The highest BCUT2D eigenvalue weighted by Gasteiger charge is 2.22. The molecule has 6 heteroatoms. The summed E-state index contributed by atoms with van der Waals surface area (Å²) >= 11 is 0. The number of hydrogen-bond acceptors (Lipinski definition) is 4. The molecule has 0 saturated carbocycles. The highest BCUT2D eigenvalue weighted by atomic mass is 32.2. The fourth-order valence-corrected chi connectivity index (χ4v) is 2.86. The van der Waals surface area contributed by atoms with Crippen LogP contribution in [-0.2, 0) is 10.8 Å². The van der Waals surface area contributed by atoms with E-state index < -0.39 is 10.8 Å². The summed E-state index contributed by atoms with van der Waals surface area (Å²) in [5.74, 6) is 6.43. The number of para-hydroxylation sites is 1. The van der Waals surface area contributed by atoms with Crippen molar-refractivity contribution in [2.75, 3.05) is 30.0 Å². The number of amides is 1. The number of anilines is 1. The number of nitrogens with two attached hydrogens (primary N) is 1. The highest BCUT2D eigenvalue weighted by molar-refractivity contribution is 7.85. The number of hydrazine groups is 1. The molecule has 3 N–H and O–H groups in total. The van der Waals surface area contributed by atoms with Crippen molar-refractivity contribution < 1.29 is 9.00 Å². The van der Waals surface area contributed by atoms with E-state index in [0.29, 0.717) is 35.8 Å². The van der Waals surface area contributed by atoms with Gasteiger partial charge >= 0.3 is 0 Å². The van der Waals surface area contributed by atoms with Crippen LogP contribution < -0.4 is 11.3 Å². The zero-order valence-electron chi connectivity index (χ0n) is 9.39. The lowest BCUT2D eigenvalue weighted by atomic mass is 10.1. The molecule has 1 heterocycles. The minimum Gasteiger partial charge on any atom is -0.337 e. The maximum Gasteiger partial charge on any atom is 0.256 e. The Bertz CT molecular complexity index is 440. The molecular weight excluding hydrogens is 238 g/mol. The molecule has 5 nitrogen and oxygen atoms in total. The Morgan fingerprint density at radius 1 is 1.29 bits per heavy atom. The summed E-state index contributed by atoms with van der Waals surface area (Å²) in [7, 11) is -0.775. The van der Waals surface area contributed by atoms with Gasteiger partial charge in [0.15, 0.2) is 0 Å². The number of carbonyl (C=O) groups excluding carboxylic acids is 1. The molecule has 17 heavy (non-hydrogen) atoms. The molecule has 1 aliphatic rings. The summed E-state index contributed by atoms with van der Waals surface area (Å²) in [5, 5.41) is 0. The fourth-order valence-electron chi connectivity index (χ4n) is 1.81. The van der Waals surface area contributed by atoms with Gasteiger partial charge in [0.2, 0.25) is 0 Å². The summed E-state index contributed by atoms with van der Waals surface area (Å²) in [6.07, 6.45) is 0. The first-order chi connectivity index (χ1) is 8.22. The van der Waals surface area contributed by atoms with Crippen molar-refractivity contribution in [2.45, 2.75) is 0 Å². The van der Waals surface area contributed by atoms with Crippen LogP contribution in [0.2, 0.25) is 0 Å². The normalized spacial score (nSPS) is 16.9. The van der Waals surface area contributed by atoms with E-state index in [1.807, 2.05) is 6.07 Å². The molecule has 1 aliphatic heterocycles. The molecule has 0 aromatic heterocycles. The third kappa shape index (κ3) is 2.65. The summed E-state index contributed by atoms with van der Waals surface area (Å²) in [4.78, 5) is 13.9. The minimum absolute atomic E-state index is 0.0600. The lowest BCUT2D eigenvalue weighted by Gasteiger charge is -2.27. The van der Waals surface area contributed by atoms with Crippen molar-refractivity contribution in [3.05, 3.63) is 29.8 Å². The van der Waals surface area contributed by atoms with Gasteiger partial charge in [-0.05, 0) is 12.1 Å². The van der Waals surface area contributed by atoms with Gasteiger partial charge in [-0.25, -0.2) is 0 Å². The lowest BCUT2D eigenvalue weighted by molar-refractivity contribution is 0.0772. The van der Waals surface area contributed by atoms with Gasteiger partial charge in [0.25, 0.3) is 5.91 Å². The van der Waals surface area contributed by atoms with E-state index in [1.165, 1.54) is 0 Å². The molecule has 0 radical (unpaired) electrons. The molecule has 1 aromatic carbocycles. The second-order valence-electron chi connectivity index (χ2n) is 3.83. The van der Waals surface area contributed by atoms with Gasteiger partial charge in [-0.1, -0.05) is 12.1 Å². The Kier molecular flexibility index (Phi) is 3.75. The van der Waals surface area contributed by atoms with Crippen molar-refractivity contribution in [2.24, 2.45) is 5.84 Å². The summed E-state index contributed by atoms with van der Waals surface area (Å²) < 4.78 is 11.2. The Labute approximate surface area is 102 Å². The van der Waals surface area contributed by atoms with Crippen molar-refractivity contribution in [1.82, 2.24) is 4.90 Å². The van der Waals surface area contributed by atoms with Gasteiger partial charge < -0.3 is 10.3 Å². The molecule has 2 rings (SSSR count). The number of nitrogen functional groups attached to an aromatic ring is 1. The van der Waals surface area contributed by atoms with Crippen LogP contribution in [0.1, 0.15) is 10.4 Å². The molecule has 1 saturated heterocycles. The first-order valence-corrected chi connectivity index (χ1v) is 6.91. The minimum atomic E-state index is -0.775. The molecule has 0 spiro atoms. The van der Waals surface area contributed by atoms with Crippen LogP contribution in [0.4, 0.5) is 5.69 Å². The average molecular weight is 253 g/mol. The molecule has 1 amide bonds. The summed E-state index contributed by atoms with van der Waals surface area (Å²) in [6.45, 7) is 1.09. The van der Waals surface area contributed by atoms with Gasteiger partial charge in [0.05, 0.1) is 11.3 Å². The van der Waals surface area contributed by atoms with Gasteiger partial charge in [-0.15, -0.1) is 0 Å². The van der Waals surface area contributed by atoms with E-state index in [1.54, 1.807) is 23.1 Å². The molecule has 1 aromatic rings. The predicted octanol–water partition coefficient (Wildman–Crippen LogP) is 0.177. The van der Waals surface area contributed by atoms with Gasteiger partial charge in [-0.3, -0.25) is 14.8 Å². The van der Waals surface area contributed by atoms with E-state index in [9.17, 15) is 9.00 Å². The number of carbonyl (C=O) groups is 1. The third-order valence-corrected chi connectivity index (χ3v) is 4.05. The third-order valence-electron chi connectivity index (χ3n) is 2.78. The standard InChI is InChI=1S/C11H15N3O2S/c12-13-10-4-2-1-3-9(10)11(15)14-5-7-17(16)8-6-14/h1-4,13H,5-8,12H2. The van der Waals surface area contributed by atoms with Gasteiger partial charge in [-0.2, -0.15) is 0 Å². The van der Waals surface area contributed by atoms with Crippen LogP contribution in [0.3, 0.4) is 0 Å². The number of hydrogen-bond donors (Lipinski definition) is 2. The highest BCUT2D eigenvalue weighted by Crippen LogP contribution is 2.17. The van der Waals surface area contributed by atoms with E-state index in [0.717, 1.165) is 0 Å². The van der Waals surface area contributed by atoms with Crippen LogP contribution in [0.5, 0.6) is 0 Å². The number of nitrogens with one attached hydrogen (secondary N) is 1. The van der Waals surface area contributed by atoms with E-state index in [-0.39, 0.29) is 5.91 Å². The zero-order valence-corrected chi connectivity index (χ0v) is 10.2. The molecule has 0 unspecified atom stereocenters. The Morgan fingerprint density at radius 2 is 1.94 bits per heavy atom. The van der Waals surface area contributed by atoms with Crippen LogP contribution in [0, 0.1) is 0 Å². The number of rotatable bonds is 2. The van der Waals surface area contributed by atoms with Crippen molar-refractivity contribution in [3.63, 3.8) is 0 Å². The van der Waals surface area contributed by atoms with E-state index in [4.69, 9.17) is 5.84 Å². The second-order valence-corrected chi connectivity index (χ2v) is 5.53. The zero-order chi connectivity index (χ0) is 12.3. The first-order valence-electron chi connectivity index (χ1n) is 5.42. The van der Waals surface area contributed by atoms with E-state index >= 15 is 0 Å². The number of benzene rings is 1. The molecule has 92 valence electrons. The first kappa shape index (κ1) is 12.1. The van der Waals surface area contributed by atoms with Crippen LogP contribution in [0.15, 0.2) is 24.3 Å². The fraction of sp³-hybridized carbons (Fsp3) is 0.364. The second kappa shape index (κ2) is 5.29. The predicted molar refractivity (Wildman–Crippen MR) is 68.0 cm³/mol. The van der Waals surface area contributed by atoms with Crippen molar-refractivity contribution in [1.29, 1.82) is 0 Å². The molecule has 1 fully saturated rings. The van der Waals surface area contributed by atoms with Gasteiger partial charge in [0.1, 0.15) is 0 Å². The summed E-state index contributed by atoms with van der Waals surface area (Å²) in [6, 6.07) is 7.12. The van der Waals surface area contributed by atoms with E-state index in [2.05, 4.69) is 5.43 Å². The van der Waals surface area contributed by atoms with Gasteiger partial charge in [0, 0.05) is 35.4 Å². The van der Waals surface area contributed by atoms with Crippen LogP contribution >= 0.6 is 0 Å². The quantitative estimate of drug-likeness (QED) is 0.582. The smallest absolute Gasteiger partial charge is 0.256 e. The topological polar surface area (TPSA) is 75.4 Å². The van der Waals surface area contributed by atoms with Crippen LogP contribution in [0.25, 0.3) is 0 Å². The Hall–Kier alpha value is -1.40. The Balaban J connectivity index is 2.16. The largest absolute Gasteiger partial charge is 0.337 e. The monoisotopic (exact) mass is 253 g/mol. The molecule has 0 aliphatic carbocycles. The average Bonchev–Trinajstić information content (AvgIpc) is 2.39. The number of nitrogens with zero attached hydrogens (tertiary/aromatic N) is 1. The molecular formula is C11H15N3O2S. The summed E-state index contributed by atoms with van der Waals surface area (Å²) in [5.41, 5.74) is 3.69. The van der Waals surface area contributed by atoms with Crippen LogP contribution in [-0.4, -0.2) is 39.6 Å². The SMILES string of the molecule is NNc1ccccc1C(=O)N1CCS(=O)CC1. The van der Waals surface area contributed by atoms with Crippen molar-refractivity contribution >= 4 is 22.4 Å². The maximum absolute atomic E-state index is 12.2. The molecule has 0 atom stereocenters. The Morgan fingerprint density at radius 3 is 2.59 bits per heavy atom.